The molecule has 15 heavy (non-hydrogen) atoms. The van der Waals surface area contributed by atoms with E-state index in [1.165, 1.54) is 45.6 Å². The largest absolute Gasteiger partial charge is 0.468 e. The smallest absolute Gasteiger partial charge is 0.322 e. The lowest BCUT2D eigenvalue weighted by Crippen LogP contribution is -2.42. The molecule has 0 aromatic carbocycles. The maximum atomic E-state index is 11.3. The summed E-state index contributed by atoms with van der Waals surface area (Å²) in [5.74, 6) is 0.707. The molecule has 86 valence electrons. The first kappa shape index (κ1) is 10.9. The Bertz CT molecular complexity index is 230. The summed E-state index contributed by atoms with van der Waals surface area (Å²) in [6.07, 6.45) is 8.65. The SMILES string of the molecule is COC(=O)C(N)CC12CCC(CC1)CC2. The second-order valence-electron chi connectivity index (χ2n) is 5.32. The number of hydrogen-bond acceptors (Lipinski definition) is 3. The van der Waals surface area contributed by atoms with E-state index in [1.54, 1.807) is 0 Å². The summed E-state index contributed by atoms with van der Waals surface area (Å²) in [6.45, 7) is 0. The molecule has 0 spiro atoms. The first-order chi connectivity index (χ1) is 7.15. The van der Waals surface area contributed by atoms with Crippen LogP contribution in [0.3, 0.4) is 0 Å². The van der Waals surface area contributed by atoms with Gasteiger partial charge in [0, 0.05) is 0 Å². The zero-order chi connectivity index (χ0) is 10.9. The van der Waals surface area contributed by atoms with Crippen LogP contribution in [0.5, 0.6) is 0 Å². The topological polar surface area (TPSA) is 52.3 Å². The van der Waals surface area contributed by atoms with Crippen molar-refractivity contribution in [3.8, 4) is 0 Å². The van der Waals surface area contributed by atoms with Crippen molar-refractivity contribution in [1.29, 1.82) is 0 Å². The first-order valence-corrected chi connectivity index (χ1v) is 5.99. The lowest BCUT2D eigenvalue weighted by Gasteiger charge is -2.47. The third-order valence-corrected chi connectivity index (χ3v) is 4.41. The van der Waals surface area contributed by atoms with Gasteiger partial charge in [0.25, 0.3) is 0 Å². The van der Waals surface area contributed by atoms with E-state index in [0.29, 0.717) is 5.41 Å². The number of carbonyl (C=O) groups is 1. The van der Waals surface area contributed by atoms with Gasteiger partial charge in [0.15, 0.2) is 0 Å². The second-order valence-corrected chi connectivity index (χ2v) is 5.32. The summed E-state index contributed by atoms with van der Waals surface area (Å²) in [4.78, 5) is 11.3. The predicted octanol–water partition coefficient (Wildman–Crippen LogP) is 1.85. The summed E-state index contributed by atoms with van der Waals surface area (Å²) in [5.41, 5.74) is 6.23. The van der Waals surface area contributed by atoms with Crippen LogP contribution < -0.4 is 5.73 Å². The van der Waals surface area contributed by atoms with Crippen LogP contribution in [-0.2, 0) is 9.53 Å². The molecule has 0 saturated heterocycles. The van der Waals surface area contributed by atoms with Gasteiger partial charge in [-0.3, -0.25) is 4.79 Å². The van der Waals surface area contributed by atoms with E-state index in [9.17, 15) is 4.79 Å². The van der Waals surface area contributed by atoms with E-state index in [1.807, 2.05) is 0 Å². The van der Waals surface area contributed by atoms with E-state index in [4.69, 9.17) is 10.5 Å². The summed E-state index contributed by atoms with van der Waals surface area (Å²) in [7, 11) is 1.41. The summed E-state index contributed by atoms with van der Waals surface area (Å²) in [6, 6.07) is -0.412. The van der Waals surface area contributed by atoms with Crippen LogP contribution in [0, 0.1) is 11.3 Å². The zero-order valence-electron chi connectivity index (χ0n) is 9.50. The third kappa shape index (κ3) is 2.17. The van der Waals surface area contributed by atoms with Crippen LogP contribution in [0.2, 0.25) is 0 Å². The van der Waals surface area contributed by atoms with Gasteiger partial charge in [0.2, 0.25) is 0 Å². The molecule has 0 aromatic heterocycles. The van der Waals surface area contributed by atoms with E-state index < -0.39 is 6.04 Å². The minimum absolute atomic E-state index is 0.253. The van der Waals surface area contributed by atoms with Crippen LogP contribution >= 0.6 is 0 Å². The van der Waals surface area contributed by atoms with Crippen molar-refractivity contribution in [2.75, 3.05) is 7.11 Å². The highest BCUT2D eigenvalue weighted by atomic mass is 16.5. The number of methoxy groups -OCH3 is 1. The van der Waals surface area contributed by atoms with E-state index in [2.05, 4.69) is 0 Å². The molecule has 1 atom stereocenters. The molecule has 3 heteroatoms. The second kappa shape index (κ2) is 4.12. The zero-order valence-corrected chi connectivity index (χ0v) is 9.50. The Labute approximate surface area is 91.4 Å². The lowest BCUT2D eigenvalue weighted by atomic mass is 9.58. The third-order valence-electron chi connectivity index (χ3n) is 4.41. The van der Waals surface area contributed by atoms with Gasteiger partial charge in [0.05, 0.1) is 7.11 Å². The van der Waals surface area contributed by atoms with Gasteiger partial charge in [0.1, 0.15) is 6.04 Å². The Kier molecular flexibility index (Phi) is 3.01. The molecule has 0 radical (unpaired) electrons. The van der Waals surface area contributed by atoms with Gasteiger partial charge in [-0.25, -0.2) is 0 Å². The van der Waals surface area contributed by atoms with Gasteiger partial charge < -0.3 is 10.5 Å². The number of ether oxygens (including phenoxy) is 1. The highest BCUT2D eigenvalue weighted by Gasteiger charge is 2.42. The molecule has 3 saturated carbocycles. The molecule has 1 unspecified atom stereocenters. The van der Waals surface area contributed by atoms with E-state index in [-0.39, 0.29) is 5.97 Å². The molecule has 0 heterocycles. The lowest BCUT2D eigenvalue weighted by molar-refractivity contribution is -0.143. The minimum Gasteiger partial charge on any atom is -0.468 e. The van der Waals surface area contributed by atoms with Crippen molar-refractivity contribution in [2.24, 2.45) is 17.1 Å². The van der Waals surface area contributed by atoms with Gasteiger partial charge in [-0.05, 0) is 56.3 Å². The number of fused-ring (bicyclic) bond motifs is 3. The molecule has 0 amide bonds. The molecule has 2 N–H and O–H groups in total. The fourth-order valence-corrected chi connectivity index (χ4v) is 3.35. The number of carbonyl (C=O) groups excluding carboxylic acids is 1. The van der Waals surface area contributed by atoms with E-state index >= 15 is 0 Å². The van der Waals surface area contributed by atoms with Crippen molar-refractivity contribution >= 4 is 5.97 Å². The maximum Gasteiger partial charge on any atom is 0.322 e. The Morgan fingerprint density at radius 1 is 1.40 bits per heavy atom. The fourth-order valence-electron chi connectivity index (χ4n) is 3.35. The molecule has 3 nitrogen and oxygen atoms in total. The quantitative estimate of drug-likeness (QED) is 0.725. The van der Waals surface area contributed by atoms with Gasteiger partial charge >= 0.3 is 5.97 Å². The van der Waals surface area contributed by atoms with Crippen LogP contribution in [0.25, 0.3) is 0 Å². The minimum atomic E-state index is -0.412. The summed E-state index contributed by atoms with van der Waals surface area (Å²) >= 11 is 0. The monoisotopic (exact) mass is 211 g/mol. The molecule has 0 aromatic rings. The molecular formula is C12H21NO2. The Morgan fingerprint density at radius 2 is 1.93 bits per heavy atom. The standard InChI is InChI=1S/C12H21NO2/c1-15-11(14)10(13)8-12-5-2-9(3-6-12)4-7-12/h9-10H,2-8,13H2,1H3. The fraction of sp³-hybridized carbons (Fsp3) is 0.917. The van der Waals surface area contributed by atoms with Gasteiger partial charge in [-0.1, -0.05) is 0 Å². The Hall–Kier alpha value is -0.570. The first-order valence-electron chi connectivity index (χ1n) is 5.99. The molecule has 3 aliphatic carbocycles. The van der Waals surface area contributed by atoms with Crippen molar-refractivity contribution in [3.05, 3.63) is 0 Å². The summed E-state index contributed by atoms with van der Waals surface area (Å²) in [5, 5.41) is 0. The molecule has 0 aliphatic heterocycles. The predicted molar refractivity (Wildman–Crippen MR) is 58.2 cm³/mol. The maximum absolute atomic E-state index is 11.3. The van der Waals surface area contributed by atoms with Crippen molar-refractivity contribution in [2.45, 2.75) is 51.0 Å². The molecule has 3 fully saturated rings. The Morgan fingerprint density at radius 3 is 2.40 bits per heavy atom. The van der Waals surface area contributed by atoms with Gasteiger partial charge in [-0.15, -0.1) is 0 Å². The number of rotatable bonds is 3. The Balaban J connectivity index is 1.94. The van der Waals surface area contributed by atoms with Crippen molar-refractivity contribution in [3.63, 3.8) is 0 Å². The highest BCUT2D eigenvalue weighted by molar-refractivity contribution is 5.75. The molecule has 3 aliphatic rings. The number of hydrogen-bond donors (Lipinski definition) is 1. The van der Waals surface area contributed by atoms with Crippen LogP contribution in [-0.4, -0.2) is 19.1 Å². The molecular weight excluding hydrogens is 190 g/mol. The average Bonchev–Trinajstić information content (AvgIpc) is 2.29. The number of nitrogens with two attached hydrogens (primary N) is 1. The molecule has 3 rings (SSSR count). The molecule has 2 bridgehead atoms. The highest BCUT2D eigenvalue weighted by Crippen LogP contribution is 2.52. The van der Waals surface area contributed by atoms with Gasteiger partial charge in [-0.2, -0.15) is 0 Å². The average molecular weight is 211 g/mol. The van der Waals surface area contributed by atoms with Crippen LogP contribution in [0.15, 0.2) is 0 Å². The van der Waals surface area contributed by atoms with Crippen molar-refractivity contribution < 1.29 is 9.53 Å². The summed E-state index contributed by atoms with van der Waals surface area (Å²) < 4.78 is 4.69. The normalized spacial score (nSPS) is 36.3. The number of esters is 1. The van der Waals surface area contributed by atoms with Crippen LogP contribution in [0.1, 0.15) is 44.9 Å². The van der Waals surface area contributed by atoms with Crippen LogP contribution in [0.4, 0.5) is 0 Å². The van der Waals surface area contributed by atoms with E-state index in [0.717, 1.165) is 12.3 Å². The van der Waals surface area contributed by atoms with Crippen molar-refractivity contribution in [1.82, 2.24) is 0 Å².